The summed E-state index contributed by atoms with van der Waals surface area (Å²) >= 11 is 0. The molecule has 0 spiro atoms. The topological polar surface area (TPSA) is 89.3 Å². The molecule has 4 rings (SSSR count). The number of hydrogen-bond donors (Lipinski definition) is 0. The van der Waals surface area contributed by atoms with Crippen molar-refractivity contribution in [1.29, 1.82) is 0 Å². The van der Waals surface area contributed by atoms with Gasteiger partial charge in [-0.05, 0) is 31.2 Å². The highest BCUT2D eigenvalue weighted by Gasteiger charge is 2.39. The number of carbonyl (C=O) groups is 2. The van der Waals surface area contributed by atoms with Crippen LogP contribution >= 0.6 is 0 Å². The van der Waals surface area contributed by atoms with Crippen LogP contribution in [0, 0.1) is 12.8 Å². The highest BCUT2D eigenvalue weighted by Crippen LogP contribution is 2.29. The third-order valence-corrected chi connectivity index (χ3v) is 5.49. The smallest absolute Gasteiger partial charge is 0.339 e. The highest BCUT2D eigenvalue weighted by atomic mass is 16.5. The van der Waals surface area contributed by atoms with Gasteiger partial charge >= 0.3 is 5.63 Å². The minimum Gasteiger partial charge on any atom is -0.497 e. The molecule has 1 aromatic heterocycles. The Morgan fingerprint density at radius 1 is 1.10 bits per heavy atom. The second-order valence-corrected chi connectivity index (χ2v) is 7.64. The lowest BCUT2D eigenvalue weighted by molar-refractivity contribution is -0.135. The molecule has 158 valence electrons. The molecule has 1 aromatic carbocycles. The van der Waals surface area contributed by atoms with Crippen molar-refractivity contribution < 1.29 is 23.5 Å². The van der Waals surface area contributed by atoms with E-state index < -0.39 is 5.63 Å². The van der Waals surface area contributed by atoms with Crippen molar-refractivity contribution in [3.8, 4) is 11.5 Å². The van der Waals surface area contributed by atoms with E-state index in [4.69, 9.17) is 13.9 Å². The zero-order valence-electron chi connectivity index (χ0n) is 17.0. The normalized spacial score (nSPS) is 21.2. The lowest BCUT2D eigenvalue weighted by atomic mass is 10.1. The first-order valence-electron chi connectivity index (χ1n) is 9.94. The summed E-state index contributed by atoms with van der Waals surface area (Å²) in [6.07, 6.45) is 0.685. The Bertz CT molecular complexity index is 999. The first-order valence-corrected chi connectivity index (χ1v) is 9.94. The molecule has 2 saturated heterocycles. The fraction of sp³-hybridized carbons (Fsp3) is 0.409. The Morgan fingerprint density at radius 2 is 1.87 bits per heavy atom. The number of hydrogen-bond acceptors (Lipinski definition) is 6. The van der Waals surface area contributed by atoms with Gasteiger partial charge in [-0.15, -0.1) is 0 Å². The van der Waals surface area contributed by atoms with E-state index in [1.807, 2.05) is 12.1 Å². The molecule has 2 fully saturated rings. The average Bonchev–Trinajstić information content (AvgIpc) is 3.33. The number of methoxy groups -OCH3 is 1. The molecule has 2 aromatic rings. The quantitative estimate of drug-likeness (QED) is 0.746. The van der Waals surface area contributed by atoms with Crippen molar-refractivity contribution >= 4 is 17.5 Å². The standard InChI is InChI=1S/C22H24N2O6/c1-14-9-19(11-21(26)29-14)30-18-7-8-23(13-18)22(27)15-10-20(25)24(12-15)16-3-5-17(28-2)6-4-16/h3-6,9,11,15,18H,7-8,10,12-13H2,1-2H3. The van der Waals surface area contributed by atoms with Crippen LogP contribution < -0.4 is 20.0 Å². The molecule has 8 heteroatoms. The van der Waals surface area contributed by atoms with Crippen molar-refractivity contribution in [2.75, 3.05) is 31.6 Å². The van der Waals surface area contributed by atoms with E-state index >= 15 is 0 Å². The number of nitrogens with zero attached hydrogens (tertiary/aromatic N) is 2. The van der Waals surface area contributed by atoms with Gasteiger partial charge < -0.3 is 23.7 Å². The number of rotatable bonds is 5. The predicted octanol–water partition coefficient (Wildman–Crippen LogP) is 1.99. The van der Waals surface area contributed by atoms with Crippen LogP contribution in [-0.4, -0.2) is 49.6 Å². The van der Waals surface area contributed by atoms with Gasteiger partial charge in [0.25, 0.3) is 0 Å². The first kappa shape index (κ1) is 20.0. The van der Waals surface area contributed by atoms with Gasteiger partial charge in [0.05, 0.1) is 25.6 Å². The minimum absolute atomic E-state index is 0.0331. The number of aryl methyl sites for hydroxylation is 1. The Morgan fingerprint density at radius 3 is 2.57 bits per heavy atom. The highest BCUT2D eigenvalue weighted by molar-refractivity contribution is 6.00. The molecule has 0 aliphatic carbocycles. The van der Waals surface area contributed by atoms with Gasteiger partial charge in [0, 0.05) is 37.7 Å². The second kappa shape index (κ2) is 8.22. The van der Waals surface area contributed by atoms with E-state index in [0.29, 0.717) is 43.3 Å². The van der Waals surface area contributed by atoms with Crippen LogP contribution in [0.15, 0.2) is 45.6 Å². The number of benzene rings is 1. The molecule has 2 unspecified atom stereocenters. The van der Waals surface area contributed by atoms with E-state index in [2.05, 4.69) is 0 Å². The summed E-state index contributed by atoms with van der Waals surface area (Å²) in [5.41, 5.74) is 0.302. The van der Waals surface area contributed by atoms with E-state index in [1.165, 1.54) is 6.07 Å². The maximum absolute atomic E-state index is 13.0. The van der Waals surface area contributed by atoms with E-state index in [0.717, 1.165) is 5.69 Å². The molecule has 0 radical (unpaired) electrons. The molecule has 8 nitrogen and oxygen atoms in total. The molecule has 0 N–H and O–H groups in total. The number of carbonyl (C=O) groups excluding carboxylic acids is 2. The summed E-state index contributed by atoms with van der Waals surface area (Å²) in [6, 6.07) is 10.2. The van der Waals surface area contributed by atoms with Gasteiger partial charge in [-0.3, -0.25) is 9.59 Å². The molecule has 2 atom stereocenters. The fourth-order valence-corrected chi connectivity index (χ4v) is 4.00. The minimum atomic E-state index is -0.459. The third-order valence-electron chi connectivity index (χ3n) is 5.49. The van der Waals surface area contributed by atoms with Crippen LogP contribution in [0.4, 0.5) is 5.69 Å². The molecule has 2 aliphatic heterocycles. The van der Waals surface area contributed by atoms with E-state index in [9.17, 15) is 14.4 Å². The SMILES string of the molecule is COc1ccc(N2CC(C(=O)N3CCC(Oc4cc(C)oc(=O)c4)C3)CC2=O)cc1. The Kier molecular flexibility index (Phi) is 5.48. The molecular weight excluding hydrogens is 388 g/mol. The molecule has 30 heavy (non-hydrogen) atoms. The molecule has 3 heterocycles. The first-order chi connectivity index (χ1) is 14.4. The van der Waals surface area contributed by atoms with Gasteiger partial charge in [-0.2, -0.15) is 0 Å². The summed E-state index contributed by atoms with van der Waals surface area (Å²) in [4.78, 5) is 40.4. The van der Waals surface area contributed by atoms with Crippen LogP contribution in [0.5, 0.6) is 11.5 Å². The number of anilines is 1. The fourth-order valence-electron chi connectivity index (χ4n) is 4.00. The van der Waals surface area contributed by atoms with E-state index in [-0.39, 0.29) is 30.3 Å². The van der Waals surface area contributed by atoms with Crippen molar-refractivity contribution in [1.82, 2.24) is 4.90 Å². The summed E-state index contributed by atoms with van der Waals surface area (Å²) in [7, 11) is 1.59. The third kappa shape index (κ3) is 4.17. The monoisotopic (exact) mass is 412 g/mol. The van der Waals surface area contributed by atoms with Crippen LogP contribution in [0.3, 0.4) is 0 Å². The Hall–Kier alpha value is -3.29. The van der Waals surface area contributed by atoms with Crippen molar-refractivity contribution in [3.63, 3.8) is 0 Å². The van der Waals surface area contributed by atoms with Crippen LogP contribution in [-0.2, 0) is 9.59 Å². The molecular formula is C22H24N2O6. The van der Waals surface area contributed by atoms with Gasteiger partial charge in [-0.1, -0.05) is 0 Å². The summed E-state index contributed by atoms with van der Waals surface area (Å²) in [5, 5.41) is 0. The number of ether oxygens (including phenoxy) is 2. The number of amides is 2. The predicted molar refractivity (Wildman–Crippen MR) is 109 cm³/mol. The molecule has 0 saturated carbocycles. The van der Waals surface area contributed by atoms with E-state index in [1.54, 1.807) is 42.0 Å². The summed E-state index contributed by atoms with van der Waals surface area (Å²) < 4.78 is 16.0. The largest absolute Gasteiger partial charge is 0.497 e. The summed E-state index contributed by atoms with van der Waals surface area (Å²) in [6.45, 7) is 3.05. The van der Waals surface area contributed by atoms with Gasteiger partial charge in [0.2, 0.25) is 11.8 Å². The van der Waals surface area contributed by atoms with Crippen molar-refractivity contribution in [2.24, 2.45) is 5.92 Å². The second-order valence-electron chi connectivity index (χ2n) is 7.64. The maximum atomic E-state index is 13.0. The summed E-state index contributed by atoms with van der Waals surface area (Å²) in [5.74, 6) is 1.18. The molecule has 0 bridgehead atoms. The Labute approximate surface area is 174 Å². The van der Waals surface area contributed by atoms with Crippen molar-refractivity contribution in [3.05, 3.63) is 52.6 Å². The average molecular weight is 412 g/mol. The lowest BCUT2D eigenvalue weighted by Gasteiger charge is -2.21. The molecule has 2 amide bonds. The van der Waals surface area contributed by atoms with Gasteiger partial charge in [0.15, 0.2) is 0 Å². The van der Waals surface area contributed by atoms with Crippen LogP contribution in [0.25, 0.3) is 0 Å². The van der Waals surface area contributed by atoms with Crippen molar-refractivity contribution in [2.45, 2.75) is 25.9 Å². The van der Waals surface area contributed by atoms with Crippen LogP contribution in [0.2, 0.25) is 0 Å². The van der Waals surface area contributed by atoms with Crippen LogP contribution in [0.1, 0.15) is 18.6 Å². The van der Waals surface area contributed by atoms with Gasteiger partial charge in [-0.25, -0.2) is 4.79 Å². The maximum Gasteiger partial charge on any atom is 0.339 e. The Balaban J connectivity index is 1.36. The van der Waals surface area contributed by atoms with Gasteiger partial charge in [0.1, 0.15) is 23.4 Å². The molecule has 2 aliphatic rings. The zero-order valence-corrected chi connectivity index (χ0v) is 17.0. The zero-order chi connectivity index (χ0) is 21.3. The lowest BCUT2D eigenvalue weighted by Crippen LogP contribution is -2.37. The number of likely N-dealkylation sites (tertiary alicyclic amines) is 1.